The zero-order valence-corrected chi connectivity index (χ0v) is 13.9. The number of nitrogens with zero attached hydrogens (tertiary/aromatic N) is 1. The van der Waals surface area contributed by atoms with Crippen LogP contribution in [0.5, 0.6) is 0 Å². The van der Waals surface area contributed by atoms with E-state index in [9.17, 15) is 9.59 Å². The van der Waals surface area contributed by atoms with Gasteiger partial charge in [0.2, 0.25) is 11.8 Å². The summed E-state index contributed by atoms with van der Waals surface area (Å²) in [6.45, 7) is 4.20. The summed E-state index contributed by atoms with van der Waals surface area (Å²) in [6, 6.07) is 7.74. The SMILES string of the molecule is CCCCc1ccc(N2CC(C(=O)NC(C)CO)CC2=O)cc1. The molecule has 1 heterocycles. The molecule has 0 bridgehead atoms. The predicted molar refractivity (Wildman–Crippen MR) is 90.2 cm³/mol. The first kappa shape index (κ1) is 17.5. The fraction of sp³-hybridized carbons (Fsp3) is 0.556. The van der Waals surface area contributed by atoms with Crippen molar-refractivity contribution < 1.29 is 14.7 Å². The lowest BCUT2D eigenvalue weighted by Crippen LogP contribution is -2.40. The molecule has 23 heavy (non-hydrogen) atoms. The Balaban J connectivity index is 1.98. The summed E-state index contributed by atoms with van der Waals surface area (Å²) in [5.41, 5.74) is 2.12. The third-order valence-corrected chi connectivity index (χ3v) is 4.23. The molecule has 2 N–H and O–H groups in total. The normalized spacial score (nSPS) is 19.0. The van der Waals surface area contributed by atoms with Gasteiger partial charge in [0.1, 0.15) is 0 Å². The van der Waals surface area contributed by atoms with Gasteiger partial charge in [-0.1, -0.05) is 25.5 Å². The van der Waals surface area contributed by atoms with Crippen LogP contribution in [0.25, 0.3) is 0 Å². The summed E-state index contributed by atoms with van der Waals surface area (Å²) in [6.07, 6.45) is 3.60. The van der Waals surface area contributed by atoms with Crippen LogP contribution < -0.4 is 10.2 Å². The number of hydrogen-bond acceptors (Lipinski definition) is 3. The van der Waals surface area contributed by atoms with Crippen molar-refractivity contribution in [2.75, 3.05) is 18.1 Å². The highest BCUT2D eigenvalue weighted by Gasteiger charge is 2.35. The van der Waals surface area contributed by atoms with Crippen molar-refractivity contribution >= 4 is 17.5 Å². The topological polar surface area (TPSA) is 69.6 Å². The molecule has 0 saturated carbocycles. The van der Waals surface area contributed by atoms with E-state index in [2.05, 4.69) is 24.4 Å². The van der Waals surface area contributed by atoms with Crippen LogP contribution >= 0.6 is 0 Å². The Labute approximate surface area is 137 Å². The number of unbranched alkanes of at least 4 members (excludes halogenated alkanes) is 1. The Morgan fingerprint density at radius 2 is 2.09 bits per heavy atom. The molecular weight excluding hydrogens is 292 g/mol. The summed E-state index contributed by atoms with van der Waals surface area (Å²) < 4.78 is 0. The second-order valence-electron chi connectivity index (χ2n) is 6.27. The van der Waals surface area contributed by atoms with Gasteiger partial charge >= 0.3 is 0 Å². The van der Waals surface area contributed by atoms with Gasteiger partial charge < -0.3 is 15.3 Å². The molecule has 2 atom stereocenters. The van der Waals surface area contributed by atoms with Crippen molar-refractivity contribution in [3.8, 4) is 0 Å². The number of hydrogen-bond donors (Lipinski definition) is 2. The van der Waals surface area contributed by atoms with E-state index >= 15 is 0 Å². The molecule has 2 amide bonds. The lowest BCUT2D eigenvalue weighted by Gasteiger charge is -2.18. The highest BCUT2D eigenvalue weighted by molar-refractivity contribution is 6.00. The molecule has 0 spiro atoms. The van der Waals surface area contributed by atoms with Gasteiger partial charge in [-0.2, -0.15) is 0 Å². The number of benzene rings is 1. The molecule has 5 heteroatoms. The molecule has 2 unspecified atom stereocenters. The van der Waals surface area contributed by atoms with E-state index in [4.69, 9.17) is 5.11 Å². The van der Waals surface area contributed by atoms with E-state index in [1.54, 1.807) is 11.8 Å². The van der Waals surface area contributed by atoms with Gasteiger partial charge in [-0.05, 0) is 37.5 Å². The highest BCUT2D eigenvalue weighted by atomic mass is 16.3. The molecule has 1 fully saturated rings. The van der Waals surface area contributed by atoms with Gasteiger partial charge in [-0.25, -0.2) is 0 Å². The highest BCUT2D eigenvalue weighted by Crippen LogP contribution is 2.26. The van der Waals surface area contributed by atoms with E-state index in [0.717, 1.165) is 24.9 Å². The van der Waals surface area contributed by atoms with Crippen LogP contribution in [0.3, 0.4) is 0 Å². The number of aliphatic hydroxyl groups is 1. The average Bonchev–Trinajstić information content (AvgIpc) is 2.95. The third kappa shape index (κ3) is 4.55. The molecule has 1 aromatic rings. The Bertz CT molecular complexity index is 542. The minimum Gasteiger partial charge on any atom is -0.394 e. The van der Waals surface area contributed by atoms with Gasteiger partial charge in [0.05, 0.1) is 12.5 Å². The van der Waals surface area contributed by atoms with Crippen molar-refractivity contribution in [1.29, 1.82) is 0 Å². The number of anilines is 1. The molecule has 126 valence electrons. The second-order valence-corrected chi connectivity index (χ2v) is 6.27. The number of rotatable bonds is 7. The molecule has 2 rings (SSSR count). The fourth-order valence-corrected chi connectivity index (χ4v) is 2.76. The van der Waals surface area contributed by atoms with Crippen LogP contribution in [0.2, 0.25) is 0 Å². The summed E-state index contributed by atoms with van der Waals surface area (Å²) >= 11 is 0. The zero-order chi connectivity index (χ0) is 16.8. The lowest BCUT2D eigenvalue weighted by molar-refractivity contribution is -0.127. The predicted octanol–water partition coefficient (Wildman–Crippen LogP) is 1.88. The summed E-state index contributed by atoms with van der Waals surface area (Å²) in [4.78, 5) is 26.0. The van der Waals surface area contributed by atoms with Crippen molar-refractivity contribution in [3.05, 3.63) is 29.8 Å². The Morgan fingerprint density at radius 3 is 2.70 bits per heavy atom. The van der Waals surface area contributed by atoms with E-state index in [1.165, 1.54) is 5.56 Å². The average molecular weight is 318 g/mol. The molecule has 1 aliphatic heterocycles. The first-order chi connectivity index (χ1) is 11.0. The number of amides is 2. The van der Waals surface area contributed by atoms with Crippen molar-refractivity contribution in [1.82, 2.24) is 5.32 Å². The number of aryl methyl sites for hydroxylation is 1. The van der Waals surface area contributed by atoms with Gasteiger partial charge in [-0.3, -0.25) is 9.59 Å². The number of aliphatic hydroxyl groups excluding tert-OH is 1. The summed E-state index contributed by atoms with van der Waals surface area (Å²) in [5, 5.41) is 11.7. The molecule has 1 aromatic carbocycles. The second kappa shape index (κ2) is 8.11. The zero-order valence-electron chi connectivity index (χ0n) is 13.9. The standard InChI is InChI=1S/C18H26N2O3/c1-3-4-5-14-6-8-16(9-7-14)20-11-15(10-17(20)22)18(23)19-13(2)12-21/h6-9,13,15,21H,3-5,10-12H2,1-2H3,(H,19,23). The van der Waals surface area contributed by atoms with Crippen LogP contribution in [-0.4, -0.2) is 36.1 Å². The maximum absolute atomic E-state index is 12.2. The molecular formula is C18H26N2O3. The van der Waals surface area contributed by atoms with Gasteiger partial charge in [0.15, 0.2) is 0 Å². The van der Waals surface area contributed by atoms with E-state index in [1.807, 2.05) is 12.1 Å². The number of carbonyl (C=O) groups is 2. The molecule has 1 aliphatic rings. The Hall–Kier alpha value is -1.88. The molecule has 1 saturated heterocycles. The van der Waals surface area contributed by atoms with Crippen molar-refractivity contribution in [2.45, 2.75) is 45.6 Å². The largest absolute Gasteiger partial charge is 0.394 e. The fourth-order valence-electron chi connectivity index (χ4n) is 2.76. The van der Waals surface area contributed by atoms with Gasteiger partial charge in [-0.15, -0.1) is 0 Å². The molecule has 0 radical (unpaired) electrons. The first-order valence-corrected chi connectivity index (χ1v) is 8.35. The van der Waals surface area contributed by atoms with Gasteiger partial charge in [0, 0.05) is 24.7 Å². The third-order valence-electron chi connectivity index (χ3n) is 4.23. The molecule has 0 aliphatic carbocycles. The Kier molecular flexibility index (Phi) is 6.16. The van der Waals surface area contributed by atoms with Gasteiger partial charge in [0.25, 0.3) is 0 Å². The van der Waals surface area contributed by atoms with Crippen LogP contribution in [0.4, 0.5) is 5.69 Å². The van der Waals surface area contributed by atoms with E-state index in [-0.39, 0.29) is 36.8 Å². The van der Waals surface area contributed by atoms with Crippen LogP contribution in [0.15, 0.2) is 24.3 Å². The summed E-state index contributed by atoms with van der Waals surface area (Å²) in [5.74, 6) is -0.540. The van der Waals surface area contributed by atoms with Crippen LogP contribution in [0.1, 0.15) is 38.7 Å². The minimum absolute atomic E-state index is 0.0249. The number of nitrogens with one attached hydrogen (secondary N) is 1. The monoisotopic (exact) mass is 318 g/mol. The van der Waals surface area contributed by atoms with Crippen LogP contribution in [-0.2, 0) is 16.0 Å². The Morgan fingerprint density at radius 1 is 1.39 bits per heavy atom. The maximum atomic E-state index is 12.2. The quantitative estimate of drug-likeness (QED) is 0.806. The van der Waals surface area contributed by atoms with Crippen molar-refractivity contribution in [2.24, 2.45) is 5.92 Å². The first-order valence-electron chi connectivity index (χ1n) is 8.35. The van der Waals surface area contributed by atoms with E-state index < -0.39 is 0 Å². The smallest absolute Gasteiger partial charge is 0.227 e. The van der Waals surface area contributed by atoms with Crippen molar-refractivity contribution in [3.63, 3.8) is 0 Å². The number of carbonyl (C=O) groups excluding carboxylic acids is 2. The minimum atomic E-state index is -0.351. The molecule has 0 aromatic heterocycles. The maximum Gasteiger partial charge on any atom is 0.227 e. The van der Waals surface area contributed by atoms with Crippen LogP contribution in [0, 0.1) is 5.92 Å². The molecule has 5 nitrogen and oxygen atoms in total. The van der Waals surface area contributed by atoms with E-state index in [0.29, 0.717) is 6.54 Å². The summed E-state index contributed by atoms with van der Waals surface area (Å²) in [7, 11) is 0. The lowest BCUT2D eigenvalue weighted by atomic mass is 10.1.